The average molecular weight is 160 g/mol. The van der Waals surface area contributed by atoms with Gasteiger partial charge < -0.3 is 4.42 Å². The third kappa shape index (κ3) is 1.10. The monoisotopic (exact) mass is 160 g/mol. The van der Waals surface area contributed by atoms with Gasteiger partial charge in [-0.05, 0) is 0 Å². The molecular formula is C6H6F2N2O. The minimum atomic E-state index is -2.51. The van der Waals surface area contributed by atoms with Gasteiger partial charge in [-0.2, -0.15) is 0 Å². The Hall–Kier alpha value is -1.00. The minimum Gasteiger partial charge on any atom is -0.428 e. The van der Waals surface area contributed by atoms with E-state index < -0.39 is 5.92 Å². The van der Waals surface area contributed by atoms with E-state index in [0.29, 0.717) is 5.89 Å². The predicted octanol–water partition coefficient (Wildman–Crippen LogP) is 1.58. The highest BCUT2D eigenvalue weighted by Gasteiger charge is 2.48. The van der Waals surface area contributed by atoms with Gasteiger partial charge in [-0.25, -0.2) is 8.78 Å². The van der Waals surface area contributed by atoms with Gasteiger partial charge in [0.25, 0.3) is 0 Å². The molecule has 1 aromatic heterocycles. The van der Waals surface area contributed by atoms with Crippen LogP contribution in [0.1, 0.15) is 24.7 Å². The largest absolute Gasteiger partial charge is 0.428 e. The van der Waals surface area contributed by atoms with Crippen molar-refractivity contribution in [3.05, 3.63) is 12.3 Å². The van der Waals surface area contributed by atoms with Crippen molar-refractivity contribution < 1.29 is 13.2 Å². The van der Waals surface area contributed by atoms with Crippen LogP contribution in [0.3, 0.4) is 0 Å². The zero-order chi connectivity index (χ0) is 7.90. The Morgan fingerprint density at radius 1 is 1.55 bits per heavy atom. The Morgan fingerprint density at radius 2 is 2.27 bits per heavy atom. The molecule has 60 valence electrons. The second-order valence-corrected chi connectivity index (χ2v) is 2.74. The summed E-state index contributed by atoms with van der Waals surface area (Å²) >= 11 is 0. The fourth-order valence-electron chi connectivity index (χ4n) is 1.20. The first kappa shape index (κ1) is 6.69. The molecule has 0 saturated heterocycles. The van der Waals surface area contributed by atoms with Crippen LogP contribution in [0.15, 0.2) is 10.8 Å². The smallest absolute Gasteiger partial charge is 0.249 e. The highest BCUT2D eigenvalue weighted by molar-refractivity contribution is 5.02. The van der Waals surface area contributed by atoms with Gasteiger partial charge in [0.1, 0.15) is 0 Å². The van der Waals surface area contributed by atoms with Gasteiger partial charge in [-0.1, -0.05) is 0 Å². The Balaban J connectivity index is 2.03. The molecular weight excluding hydrogens is 154 g/mol. The number of hydrogen-bond donors (Lipinski definition) is 0. The van der Waals surface area contributed by atoms with Crippen molar-refractivity contribution in [1.29, 1.82) is 0 Å². The Kier molecular flexibility index (Phi) is 1.21. The lowest BCUT2D eigenvalue weighted by Gasteiger charge is -2.32. The highest BCUT2D eigenvalue weighted by Crippen LogP contribution is 2.47. The zero-order valence-electron chi connectivity index (χ0n) is 5.63. The lowest BCUT2D eigenvalue weighted by molar-refractivity contribution is -0.0918. The van der Waals surface area contributed by atoms with E-state index in [9.17, 15) is 8.78 Å². The Labute approximate surface area is 61.4 Å². The molecule has 11 heavy (non-hydrogen) atoms. The van der Waals surface area contributed by atoms with E-state index in [0.717, 1.165) is 6.39 Å². The molecule has 0 N–H and O–H groups in total. The molecule has 1 aliphatic carbocycles. The fourth-order valence-corrected chi connectivity index (χ4v) is 1.20. The van der Waals surface area contributed by atoms with Crippen molar-refractivity contribution in [3.63, 3.8) is 0 Å². The molecule has 0 spiro atoms. The van der Waals surface area contributed by atoms with Crippen molar-refractivity contribution in [3.8, 4) is 0 Å². The second-order valence-electron chi connectivity index (χ2n) is 2.74. The number of nitrogens with zero attached hydrogens (tertiary/aromatic N) is 2. The summed E-state index contributed by atoms with van der Waals surface area (Å²) in [5, 5.41) is 6.97. The zero-order valence-corrected chi connectivity index (χ0v) is 5.63. The maximum atomic E-state index is 12.3. The standard InChI is InChI=1S/C6H6F2N2O/c7-6(8)1-4(2-6)5-10-9-3-11-5/h3-4H,1-2H2. The third-order valence-corrected chi connectivity index (χ3v) is 1.82. The topological polar surface area (TPSA) is 38.9 Å². The molecule has 1 heterocycles. The number of halogens is 2. The van der Waals surface area contributed by atoms with E-state index in [1.807, 2.05) is 0 Å². The molecule has 1 saturated carbocycles. The molecule has 3 nitrogen and oxygen atoms in total. The summed E-state index contributed by atoms with van der Waals surface area (Å²) in [6, 6.07) is 0. The molecule has 0 atom stereocenters. The van der Waals surface area contributed by atoms with Crippen molar-refractivity contribution in [2.75, 3.05) is 0 Å². The average Bonchev–Trinajstić information content (AvgIpc) is 2.32. The first-order valence-electron chi connectivity index (χ1n) is 3.31. The molecule has 0 aromatic carbocycles. The second kappa shape index (κ2) is 1.99. The van der Waals surface area contributed by atoms with Crippen LogP contribution in [0, 0.1) is 0 Å². The van der Waals surface area contributed by atoms with Gasteiger partial charge in [0, 0.05) is 18.8 Å². The van der Waals surface area contributed by atoms with E-state index >= 15 is 0 Å². The summed E-state index contributed by atoms with van der Waals surface area (Å²) in [4.78, 5) is 0. The van der Waals surface area contributed by atoms with Crippen LogP contribution in [-0.2, 0) is 0 Å². The van der Waals surface area contributed by atoms with Crippen LogP contribution in [0.2, 0.25) is 0 Å². The Morgan fingerprint density at radius 3 is 2.73 bits per heavy atom. The third-order valence-electron chi connectivity index (χ3n) is 1.82. The van der Waals surface area contributed by atoms with Crippen LogP contribution in [0.4, 0.5) is 8.78 Å². The minimum absolute atomic E-state index is 0.158. The van der Waals surface area contributed by atoms with Crippen molar-refractivity contribution in [2.45, 2.75) is 24.7 Å². The molecule has 0 aliphatic heterocycles. The molecule has 0 radical (unpaired) electrons. The molecule has 1 fully saturated rings. The molecule has 0 unspecified atom stereocenters. The summed E-state index contributed by atoms with van der Waals surface area (Å²) in [6.07, 6.45) is 0.843. The predicted molar refractivity (Wildman–Crippen MR) is 31.2 cm³/mol. The highest BCUT2D eigenvalue weighted by atomic mass is 19.3. The molecule has 1 aliphatic rings. The SMILES string of the molecule is FC1(F)CC(c2nnco2)C1. The first-order valence-corrected chi connectivity index (χ1v) is 3.31. The number of aromatic nitrogens is 2. The number of hydrogen-bond acceptors (Lipinski definition) is 3. The molecule has 1 aromatic rings. The van der Waals surface area contributed by atoms with E-state index in [-0.39, 0.29) is 18.8 Å². The van der Waals surface area contributed by atoms with Gasteiger partial charge in [0.15, 0.2) is 0 Å². The Bertz CT molecular complexity index is 239. The van der Waals surface area contributed by atoms with E-state index in [2.05, 4.69) is 10.2 Å². The van der Waals surface area contributed by atoms with Crippen LogP contribution in [-0.4, -0.2) is 16.1 Å². The quantitative estimate of drug-likeness (QED) is 0.626. The molecule has 5 heteroatoms. The van der Waals surface area contributed by atoms with Crippen LogP contribution in [0.5, 0.6) is 0 Å². The molecule has 0 amide bonds. The summed E-state index contributed by atoms with van der Waals surface area (Å²) < 4.78 is 29.4. The summed E-state index contributed by atoms with van der Waals surface area (Å²) in [7, 11) is 0. The number of rotatable bonds is 1. The van der Waals surface area contributed by atoms with E-state index in [1.165, 1.54) is 0 Å². The van der Waals surface area contributed by atoms with Crippen molar-refractivity contribution in [2.24, 2.45) is 0 Å². The summed E-state index contributed by atoms with van der Waals surface area (Å²) in [5.74, 6) is -2.41. The maximum absolute atomic E-state index is 12.3. The van der Waals surface area contributed by atoms with Gasteiger partial charge in [-0.3, -0.25) is 0 Å². The van der Waals surface area contributed by atoms with Crippen molar-refractivity contribution in [1.82, 2.24) is 10.2 Å². The van der Waals surface area contributed by atoms with Crippen LogP contribution >= 0.6 is 0 Å². The normalized spacial score (nSPS) is 23.1. The van der Waals surface area contributed by atoms with Gasteiger partial charge >= 0.3 is 0 Å². The lowest BCUT2D eigenvalue weighted by Crippen LogP contribution is -2.33. The summed E-state index contributed by atoms with van der Waals surface area (Å²) in [6.45, 7) is 0. The number of alkyl halides is 2. The lowest BCUT2D eigenvalue weighted by atomic mass is 9.81. The van der Waals surface area contributed by atoms with E-state index in [1.54, 1.807) is 0 Å². The van der Waals surface area contributed by atoms with Crippen LogP contribution in [0.25, 0.3) is 0 Å². The molecule has 0 bridgehead atoms. The van der Waals surface area contributed by atoms with Crippen molar-refractivity contribution >= 4 is 0 Å². The van der Waals surface area contributed by atoms with Crippen LogP contribution < -0.4 is 0 Å². The molecule has 2 rings (SSSR count). The van der Waals surface area contributed by atoms with Gasteiger partial charge in [-0.15, -0.1) is 10.2 Å². The fraction of sp³-hybridized carbons (Fsp3) is 0.667. The van der Waals surface area contributed by atoms with E-state index in [4.69, 9.17) is 4.42 Å². The first-order chi connectivity index (χ1) is 5.17. The van der Waals surface area contributed by atoms with Gasteiger partial charge in [0.2, 0.25) is 18.2 Å². The van der Waals surface area contributed by atoms with Gasteiger partial charge in [0.05, 0.1) is 0 Å². The maximum Gasteiger partial charge on any atom is 0.249 e. The summed E-state index contributed by atoms with van der Waals surface area (Å²) in [5.41, 5.74) is 0.